The maximum absolute atomic E-state index is 14.1. The van der Waals surface area contributed by atoms with Crippen molar-refractivity contribution in [2.24, 2.45) is 0 Å². The van der Waals surface area contributed by atoms with E-state index in [1.165, 1.54) is 12.4 Å². The van der Waals surface area contributed by atoms with Gasteiger partial charge in [-0.3, -0.25) is 9.48 Å². The molecule has 0 saturated carbocycles. The predicted octanol–water partition coefficient (Wildman–Crippen LogP) is 2.82. The molecular weight excluding hydrogens is 338 g/mol. The Morgan fingerprint density at radius 2 is 1.96 bits per heavy atom. The zero-order valence-electron chi connectivity index (χ0n) is 13.8. The molecular formula is C19H16F2N4O. The monoisotopic (exact) mass is 354 g/mol. The summed E-state index contributed by atoms with van der Waals surface area (Å²) in [4.78, 5) is 18.6. The minimum absolute atomic E-state index is 0.130. The Labute approximate surface area is 148 Å². The van der Waals surface area contributed by atoms with Gasteiger partial charge in [-0.2, -0.15) is 5.10 Å². The normalized spacial score (nSPS) is 16.4. The first kappa shape index (κ1) is 16.4. The van der Waals surface area contributed by atoms with E-state index in [2.05, 4.69) is 10.1 Å². The van der Waals surface area contributed by atoms with E-state index in [4.69, 9.17) is 0 Å². The fraction of sp³-hybridized carbons (Fsp3) is 0.211. The molecule has 0 saturated heterocycles. The van der Waals surface area contributed by atoms with E-state index < -0.39 is 17.5 Å². The number of carbonyl (C=O) groups excluding carboxylic acids is 1. The van der Waals surface area contributed by atoms with Crippen molar-refractivity contribution in [1.82, 2.24) is 19.7 Å². The maximum Gasteiger partial charge on any atom is 0.257 e. The third-order valence-corrected chi connectivity index (χ3v) is 4.64. The van der Waals surface area contributed by atoms with Crippen molar-refractivity contribution in [3.05, 3.63) is 83.4 Å². The van der Waals surface area contributed by atoms with Gasteiger partial charge in [-0.25, -0.2) is 13.8 Å². The minimum Gasteiger partial charge on any atom is -0.329 e. The number of halogens is 2. The third-order valence-electron chi connectivity index (χ3n) is 4.64. The molecule has 0 N–H and O–H groups in total. The molecule has 0 bridgehead atoms. The number of carbonyl (C=O) groups is 1. The molecule has 4 rings (SSSR count). The zero-order valence-corrected chi connectivity index (χ0v) is 13.8. The topological polar surface area (TPSA) is 51.0 Å². The number of rotatable bonds is 3. The van der Waals surface area contributed by atoms with Crippen molar-refractivity contribution in [1.29, 1.82) is 0 Å². The van der Waals surface area contributed by atoms with Gasteiger partial charge in [-0.1, -0.05) is 24.3 Å². The Balaban J connectivity index is 1.69. The van der Waals surface area contributed by atoms with E-state index >= 15 is 0 Å². The van der Waals surface area contributed by atoms with Gasteiger partial charge in [0.1, 0.15) is 24.3 Å². The predicted molar refractivity (Wildman–Crippen MR) is 90.2 cm³/mol. The highest BCUT2D eigenvalue weighted by Crippen LogP contribution is 2.26. The maximum atomic E-state index is 14.1. The Hall–Kier alpha value is -3.09. The van der Waals surface area contributed by atoms with Crippen LogP contribution in [0.1, 0.15) is 21.5 Å². The summed E-state index contributed by atoms with van der Waals surface area (Å²) in [6, 6.07) is 10.7. The molecule has 3 aromatic rings. The molecule has 0 fully saturated rings. The van der Waals surface area contributed by atoms with E-state index in [1.54, 1.807) is 15.9 Å². The molecule has 2 aromatic carbocycles. The summed E-state index contributed by atoms with van der Waals surface area (Å²) < 4.78 is 29.0. The van der Waals surface area contributed by atoms with Crippen molar-refractivity contribution < 1.29 is 13.6 Å². The van der Waals surface area contributed by atoms with Gasteiger partial charge in [0.25, 0.3) is 5.91 Å². The number of nitrogens with zero attached hydrogens (tertiary/aromatic N) is 4. The van der Waals surface area contributed by atoms with Crippen molar-refractivity contribution in [3.8, 4) is 0 Å². The van der Waals surface area contributed by atoms with Crippen LogP contribution in [-0.4, -0.2) is 31.6 Å². The smallest absolute Gasteiger partial charge is 0.257 e. The van der Waals surface area contributed by atoms with E-state index in [1.807, 2.05) is 24.3 Å². The summed E-state index contributed by atoms with van der Waals surface area (Å²) in [7, 11) is 0. The van der Waals surface area contributed by atoms with Gasteiger partial charge in [0.15, 0.2) is 0 Å². The SMILES string of the molecule is O=C(c1ccc(F)cc1F)N1Cc2ccccc2C[C@H]1Cn1cncn1. The Bertz CT molecular complexity index is 942. The molecule has 1 aromatic heterocycles. The highest BCUT2D eigenvalue weighted by Gasteiger charge is 2.32. The number of hydrogen-bond donors (Lipinski definition) is 0. The Morgan fingerprint density at radius 1 is 1.15 bits per heavy atom. The van der Waals surface area contributed by atoms with Gasteiger partial charge in [-0.05, 0) is 29.7 Å². The Kier molecular flexibility index (Phi) is 4.20. The molecule has 0 spiro atoms. The molecule has 0 radical (unpaired) electrons. The summed E-state index contributed by atoms with van der Waals surface area (Å²) in [5, 5.41) is 4.11. The summed E-state index contributed by atoms with van der Waals surface area (Å²) in [5.74, 6) is -2.02. The number of aromatic nitrogens is 3. The van der Waals surface area contributed by atoms with Crippen LogP contribution in [0, 0.1) is 11.6 Å². The van der Waals surface area contributed by atoms with Crippen molar-refractivity contribution in [2.45, 2.75) is 25.6 Å². The number of benzene rings is 2. The van der Waals surface area contributed by atoms with E-state index in [9.17, 15) is 13.6 Å². The molecule has 26 heavy (non-hydrogen) atoms. The Morgan fingerprint density at radius 3 is 2.69 bits per heavy atom. The number of hydrogen-bond acceptors (Lipinski definition) is 3. The first-order valence-corrected chi connectivity index (χ1v) is 8.27. The lowest BCUT2D eigenvalue weighted by atomic mass is 9.93. The molecule has 1 atom stereocenters. The summed E-state index contributed by atoms with van der Waals surface area (Å²) in [5.41, 5.74) is 2.05. The van der Waals surface area contributed by atoms with Crippen LogP contribution in [0.4, 0.5) is 8.78 Å². The highest BCUT2D eigenvalue weighted by molar-refractivity contribution is 5.94. The van der Waals surface area contributed by atoms with Crippen LogP contribution >= 0.6 is 0 Å². The second-order valence-electron chi connectivity index (χ2n) is 6.30. The molecule has 7 heteroatoms. The van der Waals surface area contributed by atoms with Crippen LogP contribution in [0.15, 0.2) is 55.1 Å². The zero-order chi connectivity index (χ0) is 18.1. The molecule has 1 aliphatic heterocycles. The van der Waals surface area contributed by atoms with E-state index in [-0.39, 0.29) is 11.6 Å². The molecule has 1 aliphatic rings. The van der Waals surface area contributed by atoms with E-state index in [0.29, 0.717) is 19.5 Å². The molecule has 132 valence electrons. The largest absolute Gasteiger partial charge is 0.329 e. The van der Waals surface area contributed by atoms with Crippen molar-refractivity contribution >= 4 is 5.91 Å². The van der Waals surface area contributed by atoms with Gasteiger partial charge in [0.05, 0.1) is 18.2 Å². The van der Waals surface area contributed by atoms with Crippen LogP contribution in [0.3, 0.4) is 0 Å². The third kappa shape index (κ3) is 3.08. The lowest BCUT2D eigenvalue weighted by Crippen LogP contribution is -2.46. The molecule has 2 heterocycles. The minimum atomic E-state index is -0.853. The van der Waals surface area contributed by atoms with Crippen LogP contribution in [0.2, 0.25) is 0 Å². The summed E-state index contributed by atoms with van der Waals surface area (Å²) in [6.07, 6.45) is 3.65. The molecule has 0 aliphatic carbocycles. The average Bonchev–Trinajstić information content (AvgIpc) is 3.14. The van der Waals surface area contributed by atoms with Gasteiger partial charge in [0.2, 0.25) is 0 Å². The van der Waals surface area contributed by atoms with Crippen molar-refractivity contribution in [3.63, 3.8) is 0 Å². The average molecular weight is 354 g/mol. The van der Waals surface area contributed by atoms with Crippen molar-refractivity contribution in [2.75, 3.05) is 0 Å². The number of amides is 1. The van der Waals surface area contributed by atoms with Crippen LogP contribution < -0.4 is 0 Å². The quantitative estimate of drug-likeness (QED) is 0.727. The standard InChI is InChI=1S/C19H16F2N4O/c20-15-5-6-17(18(21)8-15)19(26)25-9-14-4-2-1-3-13(14)7-16(25)10-24-12-22-11-23-24/h1-6,8,11-12,16H,7,9-10H2/t16-/m0/s1. The lowest BCUT2D eigenvalue weighted by Gasteiger charge is -2.37. The second-order valence-corrected chi connectivity index (χ2v) is 6.30. The summed E-state index contributed by atoms with van der Waals surface area (Å²) >= 11 is 0. The highest BCUT2D eigenvalue weighted by atomic mass is 19.1. The number of fused-ring (bicyclic) bond motifs is 1. The molecule has 1 amide bonds. The second kappa shape index (κ2) is 6.67. The van der Waals surface area contributed by atoms with E-state index in [0.717, 1.165) is 23.3 Å². The van der Waals surface area contributed by atoms with Gasteiger partial charge >= 0.3 is 0 Å². The van der Waals surface area contributed by atoms with Crippen LogP contribution in [0.5, 0.6) is 0 Å². The van der Waals surface area contributed by atoms with Crippen LogP contribution in [0.25, 0.3) is 0 Å². The fourth-order valence-electron chi connectivity index (χ4n) is 3.35. The van der Waals surface area contributed by atoms with Gasteiger partial charge in [0, 0.05) is 12.6 Å². The molecule has 0 unspecified atom stereocenters. The lowest BCUT2D eigenvalue weighted by molar-refractivity contribution is 0.0609. The summed E-state index contributed by atoms with van der Waals surface area (Å²) in [6.45, 7) is 0.814. The first-order chi connectivity index (χ1) is 12.6. The fourth-order valence-corrected chi connectivity index (χ4v) is 3.35. The molecule has 5 nitrogen and oxygen atoms in total. The first-order valence-electron chi connectivity index (χ1n) is 8.27. The van der Waals surface area contributed by atoms with Gasteiger partial charge in [-0.15, -0.1) is 0 Å². The van der Waals surface area contributed by atoms with Gasteiger partial charge < -0.3 is 4.90 Å². The van der Waals surface area contributed by atoms with Crippen LogP contribution in [-0.2, 0) is 19.5 Å².